The molecule has 13 heavy (non-hydrogen) atoms. The lowest BCUT2D eigenvalue weighted by Crippen LogP contribution is -2.22. The van der Waals surface area contributed by atoms with E-state index in [9.17, 15) is 4.79 Å². The molecule has 0 saturated carbocycles. The number of halogens is 1. The summed E-state index contributed by atoms with van der Waals surface area (Å²) in [5, 5.41) is 0. The Morgan fingerprint density at radius 3 is 3.00 bits per heavy atom. The molecule has 72 valence electrons. The van der Waals surface area contributed by atoms with Crippen LogP contribution in [0.15, 0.2) is 17.2 Å². The second kappa shape index (κ2) is 5.02. The monoisotopic (exact) mass is 200 g/mol. The molecule has 4 heteroatoms. The molecule has 0 saturated heterocycles. The maximum atomic E-state index is 11.2. The van der Waals surface area contributed by atoms with E-state index >= 15 is 0 Å². The lowest BCUT2D eigenvalue weighted by atomic mass is 10.3. The first kappa shape index (κ1) is 10.3. The van der Waals surface area contributed by atoms with Crippen LogP contribution in [-0.2, 0) is 6.54 Å². The Morgan fingerprint density at radius 1 is 1.54 bits per heavy atom. The third-order valence-electron chi connectivity index (χ3n) is 1.77. The molecule has 0 unspecified atom stereocenters. The number of rotatable bonds is 4. The highest BCUT2D eigenvalue weighted by atomic mass is 35.5. The molecule has 0 spiro atoms. The molecule has 0 N–H and O–H groups in total. The number of alkyl halides is 1. The molecular weight excluding hydrogens is 188 g/mol. The van der Waals surface area contributed by atoms with E-state index < -0.39 is 0 Å². The Balaban J connectivity index is 2.65. The number of hydrogen-bond donors (Lipinski definition) is 0. The van der Waals surface area contributed by atoms with Crippen LogP contribution in [0.4, 0.5) is 0 Å². The van der Waals surface area contributed by atoms with Gasteiger partial charge in [0.2, 0.25) is 0 Å². The first-order valence-electron chi connectivity index (χ1n) is 4.33. The standard InChI is InChI=1S/C9H13ClN2O/c1-8-6-11-9(13)12(7-8)5-3-2-4-10/h6-7H,2-5H2,1H3. The number of hydrogen-bond acceptors (Lipinski definition) is 2. The van der Waals surface area contributed by atoms with Gasteiger partial charge in [-0.3, -0.25) is 4.57 Å². The highest BCUT2D eigenvalue weighted by Gasteiger charge is 1.96. The van der Waals surface area contributed by atoms with Gasteiger partial charge in [0.05, 0.1) is 0 Å². The van der Waals surface area contributed by atoms with Crippen LogP contribution < -0.4 is 5.69 Å². The van der Waals surface area contributed by atoms with Gasteiger partial charge in [-0.2, -0.15) is 0 Å². The van der Waals surface area contributed by atoms with Crippen LogP contribution in [0.1, 0.15) is 18.4 Å². The van der Waals surface area contributed by atoms with E-state index in [1.165, 1.54) is 0 Å². The second-order valence-corrected chi connectivity index (χ2v) is 3.38. The minimum Gasteiger partial charge on any atom is -0.299 e. The van der Waals surface area contributed by atoms with Crippen LogP contribution in [0.2, 0.25) is 0 Å². The zero-order valence-corrected chi connectivity index (χ0v) is 8.42. The molecule has 0 aliphatic carbocycles. The van der Waals surface area contributed by atoms with Crippen molar-refractivity contribution in [2.75, 3.05) is 5.88 Å². The Morgan fingerprint density at radius 2 is 2.31 bits per heavy atom. The fraction of sp³-hybridized carbons (Fsp3) is 0.556. The zero-order chi connectivity index (χ0) is 9.68. The van der Waals surface area contributed by atoms with Crippen molar-refractivity contribution in [2.45, 2.75) is 26.3 Å². The van der Waals surface area contributed by atoms with Crippen molar-refractivity contribution in [1.29, 1.82) is 0 Å². The van der Waals surface area contributed by atoms with Gasteiger partial charge >= 0.3 is 5.69 Å². The van der Waals surface area contributed by atoms with Crippen molar-refractivity contribution in [1.82, 2.24) is 9.55 Å². The summed E-state index contributed by atoms with van der Waals surface area (Å²) < 4.78 is 1.63. The number of aromatic nitrogens is 2. The molecule has 1 heterocycles. The van der Waals surface area contributed by atoms with Gasteiger partial charge in [-0.15, -0.1) is 11.6 Å². The maximum Gasteiger partial charge on any atom is 0.347 e. The summed E-state index contributed by atoms with van der Waals surface area (Å²) in [5.74, 6) is 0.647. The van der Waals surface area contributed by atoms with Gasteiger partial charge in [0.25, 0.3) is 0 Å². The van der Waals surface area contributed by atoms with E-state index in [0.717, 1.165) is 18.4 Å². The topological polar surface area (TPSA) is 34.9 Å². The van der Waals surface area contributed by atoms with Crippen molar-refractivity contribution >= 4 is 11.6 Å². The normalized spacial score (nSPS) is 10.3. The van der Waals surface area contributed by atoms with Crippen LogP contribution in [0, 0.1) is 6.92 Å². The maximum absolute atomic E-state index is 11.2. The fourth-order valence-corrected chi connectivity index (χ4v) is 1.29. The molecule has 0 radical (unpaired) electrons. The molecule has 1 aromatic rings. The minimum absolute atomic E-state index is 0.180. The lowest BCUT2D eigenvalue weighted by molar-refractivity contribution is 0.598. The third-order valence-corrected chi connectivity index (χ3v) is 2.03. The molecule has 0 amide bonds. The molecule has 1 aromatic heterocycles. The molecule has 0 atom stereocenters. The summed E-state index contributed by atoms with van der Waals surface area (Å²) in [6.45, 7) is 2.63. The van der Waals surface area contributed by atoms with Crippen molar-refractivity contribution in [3.8, 4) is 0 Å². The van der Waals surface area contributed by atoms with Gasteiger partial charge in [0.15, 0.2) is 0 Å². The number of nitrogens with zero attached hydrogens (tertiary/aromatic N) is 2. The zero-order valence-electron chi connectivity index (χ0n) is 7.66. The van der Waals surface area contributed by atoms with Gasteiger partial charge in [-0.25, -0.2) is 9.78 Å². The van der Waals surface area contributed by atoms with Crippen molar-refractivity contribution < 1.29 is 0 Å². The molecule has 0 bridgehead atoms. The SMILES string of the molecule is Cc1cnc(=O)n(CCCCCl)c1. The first-order valence-corrected chi connectivity index (χ1v) is 4.86. The largest absolute Gasteiger partial charge is 0.347 e. The van der Waals surface area contributed by atoms with Gasteiger partial charge < -0.3 is 0 Å². The summed E-state index contributed by atoms with van der Waals surface area (Å²) in [6, 6.07) is 0. The first-order chi connectivity index (χ1) is 6.24. The smallest absolute Gasteiger partial charge is 0.299 e. The van der Waals surface area contributed by atoms with Crippen molar-refractivity contribution in [3.05, 3.63) is 28.4 Å². The van der Waals surface area contributed by atoms with Crippen LogP contribution in [0.3, 0.4) is 0 Å². The van der Waals surface area contributed by atoms with E-state index in [-0.39, 0.29) is 5.69 Å². The van der Waals surface area contributed by atoms with E-state index in [2.05, 4.69) is 4.98 Å². The Labute approximate surface area is 82.4 Å². The van der Waals surface area contributed by atoms with E-state index in [1.54, 1.807) is 10.8 Å². The van der Waals surface area contributed by atoms with Crippen LogP contribution in [-0.4, -0.2) is 15.4 Å². The molecule has 3 nitrogen and oxygen atoms in total. The third kappa shape index (κ3) is 3.19. The lowest BCUT2D eigenvalue weighted by Gasteiger charge is -2.03. The predicted octanol–water partition coefficient (Wildman–Crippen LogP) is 1.57. The van der Waals surface area contributed by atoms with E-state index in [1.807, 2.05) is 13.1 Å². The van der Waals surface area contributed by atoms with Crippen molar-refractivity contribution in [2.24, 2.45) is 0 Å². The van der Waals surface area contributed by atoms with Gasteiger partial charge in [0, 0.05) is 24.8 Å². The molecular formula is C9H13ClN2O. The summed E-state index contributed by atoms with van der Waals surface area (Å²) in [7, 11) is 0. The predicted molar refractivity (Wildman–Crippen MR) is 53.2 cm³/mol. The highest BCUT2D eigenvalue weighted by Crippen LogP contribution is 1.96. The Bertz CT molecular complexity index is 322. The van der Waals surface area contributed by atoms with Gasteiger partial charge in [-0.05, 0) is 25.3 Å². The van der Waals surface area contributed by atoms with Crippen LogP contribution in [0.25, 0.3) is 0 Å². The summed E-state index contributed by atoms with van der Waals surface area (Å²) in [4.78, 5) is 14.9. The highest BCUT2D eigenvalue weighted by molar-refractivity contribution is 6.17. The number of unbranched alkanes of at least 4 members (excludes halogenated alkanes) is 1. The Hall–Kier alpha value is -0.830. The number of aryl methyl sites for hydroxylation is 2. The second-order valence-electron chi connectivity index (χ2n) is 3.00. The van der Waals surface area contributed by atoms with Gasteiger partial charge in [0.1, 0.15) is 0 Å². The van der Waals surface area contributed by atoms with E-state index in [4.69, 9.17) is 11.6 Å². The average Bonchev–Trinajstić information content (AvgIpc) is 2.11. The van der Waals surface area contributed by atoms with Crippen LogP contribution >= 0.6 is 11.6 Å². The molecule has 0 aliphatic heterocycles. The van der Waals surface area contributed by atoms with Gasteiger partial charge in [-0.1, -0.05) is 0 Å². The quantitative estimate of drug-likeness (QED) is 0.546. The minimum atomic E-state index is -0.180. The Kier molecular flexibility index (Phi) is 3.96. The average molecular weight is 201 g/mol. The molecule has 0 fully saturated rings. The summed E-state index contributed by atoms with van der Waals surface area (Å²) >= 11 is 5.54. The van der Waals surface area contributed by atoms with Crippen LogP contribution in [0.5, 0.6) is 0 Å². The molecule has 1 rings (SSSR count). The summed E-state index contributed by atoms with van der Waals surface area (Å²) in [5.41, 5.74) is 0.825. The summed E-state index contributed by atoms with van der Waals surface area (Å²) in [6.07, 6.45) is 5.26. The fourth-order valence-electron chi connectivity index (χ4n) is 1.10. The molecule has 0 aliphatic rings. The van der Waals surface area contributed by atoms with Crippen molar-refractivity contribution in [3.63, 3.8) is 0 Å². The van der Waals surface area contributed by atoms with E-state index in [0.29, 0.717) is 12.4 Å². The molecule has 0 aromatic carbocycles.